The zero-order valence-electron chi connectivity index (χ0n) is 11.4. The van der Waals surface area contributed by atoms with Gasteiger partial charge in [0.05, 0.1) is 23.3 Å². The molecule has 0 unspecified atom stereocenters. The Labute approximate surface area is 121 Å². The molecule has 2 N–H and O–H groups in total. The molecule has 0 aliphatic heterocycles. The van der Waals surface area contributed by atoms with Gasteiger partial charge in [-0.15, -0.1) is 0 Å². The second-order valence-electron chi connectivity index (χ2n) is 4.73. The van der Waals surface area contributed by atoms with Gasteiger partial charge in [-0.25, -0.2) is 4.85 Å². The summed E-state index contributed by atoms with van der Waals surface area (Å²) in [4.78, 5) is 7.72. The van der Waals surface area contributed by atoms with Gasteiger partial charge < -0.3 is 10.3 Å². The Bertz CT molecular complexity index is 858. The van der Waals surface area contributed by atoms with E-state index in [-0.39, 0.29) is 5.88 Å². The van der Waals surface area contributed by atoms with Gasteiger partial charge >= 0.3 is 0 Å². The van der Waals surface area contributed by atoms with E-state index in [2.05, 4.69) is 9.83 Å². The molecule has 5 nitrogen and oxygen atoms in total. The summed E-state index contributed by atoms with van der Waals surface area (Å²) in [5.41, 5.74) is 2.97. The van der Waals surface area contributed by atoms with Crippen molar-refractivity contribution in [2.75, 3.05) is 0 Å². The first-order chi connectivity index (χ1) is 10.2. The van der Waals surface area contributed by atoms with Gasteiger partial charge in [0.2, 0.25) is 5.88 Å². The monoisotopic (exact) mass is 279 g/mol. The maximum Gasteiger partial charge on any atom is 0.235 e. The van der Waals surface area contributed by atoms with Crippen LogP contribution in [0.15, 0.2) is 36.5 Å². The van der Waals surface area contributed by atoms with Crippen LogP contribution in [0.1, 0.15) is 12.5 Å². The van der Waals surface area contributed by atoms with Crippen molar-refractivity contribution in [3.05, 3.63) is 53.5 Å². The molecule has 21 heavy (non-hydrogen) atoms. The van der Waals surface area contributed by atoms with Crippen molar-refractivity contribution in [3.8, 4) is 17.1 Å². The van der Waals surface area contributed by atoms with Crippen LogP contribution in [-0.4, -0.2) is 20.0 Å². The number of rotatable bonds is 2. The lowest BCUT2D eigenvalue weighted by Crippen LogP contribution is -1.88. The lowest BCUT2D eigenvalue weighted by Gasteiger charge is -2.02. The van der Waals surface area contributed by atoms with Gasteiger partial charge in [-0.2, -0.15) is 4.73 Å². The zero-order valence-corrected chi connectivity index (χ0v) is 11.4. The van der Waals surface area contributed by atoms with Crippen molar-refractivity contribution in [1.82, 2.24) is 9.71 Å². The summed E-state index contributed by atoms with van der Waals surface area (Å²) in [6.07, 6.45) is 2.62. The Morgan fingerprint density at radius 3 is 2.71 bits per heavy atom. The number of fused-ring (bicyclic) bond motifs is 1. The van der Waals surface area contributed by atoms with Gasteiger partial charge in [0.1, 0.15) is 0 Å². The highest BCUT2D eigenvalue weighted by molar-refractivity contribution is 6.00. The van der Waals surface area contributed by atoms with Gasteiger partial charge in [0, 0.05) is 11.6 Å². The summed E-state index contributed by atoms with van der Waals surface area (Å²) in [5.74, 6) is -0.274. The molecular weight excluding hydrogens is 266 g/mol. The highest BCUT2D eigenvalue weighted by Gasteiger charge is 2.19. The van der Waals surface area contributed by atoms with Crippen molar-refractivity contribution in [3.63, 3.8) is 0 Å². The molecule has 104 valence electrons. The molecule has 0 amide bonds. The van der Waals surface area contributed by atoms with E-state index in [1.165, 1.54) is 0 Å². The average Bonchev–Trinajstić information content (AvgIpc) is 2.78. The molecule has 0 saturated carbocycles. The van der Waals surface area contributed by atoms with E-state index in [1.54, 1.807) is 30.5 Å². The molecule has 0 aliphatic rings. The van der Waals surface area contributed by atoms with Crippen molar-refractivity contribution >= 4 is 16.6 Å². The molecule has 2 heterocycles. The van der Waals surface area contributed by atoms with E-state index >= 15 is 0 Å². The fourth-order valence-corrected chi connectivity index (χ4v) is 2.35. The van der Waals surface area contributed by atoms with Gasteiger partial charge in [-0.05, 0) is 30.2 Å². The minimum absolute atomic E-state index is 0.274. The smallest absolute Gasteiger partial charge is 0.235 e. The largest absolute Gasteiger partial charge is 0.492 e. The van der Waals surface area contributed by atoms with Gasteiger partial charge in [-0.1, -0.05) is 19.1 Å². The number of nitrogens with zero attached hydrogens (tertiary/aromatic N) is 3. The molecule has 0 atom stereocenters. The number of benzene rings is 1. The SMILES string of the molecule is [C-]#[N+]c1ccc2c(c1)c(-c1ccc(CC)cn1)c(O)n2O. The van der Waals surface area contributed by atoms with E-state index in [4.69, 9.17) is 6.57 Å². The van der Waals surface area contributed by atoms with E-state index in [0.717, 1.165) is 12.0 Å². The third kappa shape index (κ3) is 1.98. The third-order valence-corrected chi connectivity index (χ3v) is 3.52. The van der Waals surface area contributed by atoms with Crippen molar-refractivity contribution < 1.29 is 10.3 Å². The predicted octanol–water partition coefficient (Wildman–Crippen LogP) is 3.76. The van der Waals surface area contributed by atoms with Crippen molar-refractivity contribution in [2.24, 2.45) is 0 Å². The van der Waals surface area contributed by atoms with Crippen LogP contribution in [0.3, 0.4) is 0 Å². The third-order valence-electron chi connectivity index (χ3n) is 3.52. The molecule has 1 aromatic carbocycles. The van der Waals surface area contributed by atoms with Crippen molar-refractivity contribution in [2.45, 2.75) is 13.3 Å². The first-order valence-electron chi connectivity index (χ1n) is 6.55. The van der Waals surface area contributed by atoms with Crippen LogP contribution >= 0.6 is 0 Å². The molecule has 0 fully saturated rings. The lowest BCUT2D eigenvalue weighted by atomic mass is 10.1. The van der Waals surface area contributed by atoms with Gasteiger partial charge in [0.15, 0.2) is 5.69 Å². The summed E-state index contributed by atoms with van der Waals surface area (Å²) in [7, 11) is 0. The summed E-state index contributed by atoms with van der Waals surface area (Å²) in [6.45, 7) is 9.12. The summed E-state index contributed by atoms with van der Waals surface area (Å²) in [5, 5.41) is 20.7. The van der Waals surface area contributed by atoms with E-state index in [9.17, 15) is 10.3 Å². The number of aryl methyl sites for hydroxylation is 1. The van der Waals surface area contributed by atoms with Crippen LogP contribution in [0.5, 0.6) is 5.88 Å². The molecule has 0 bridgehead atoms. The van der Waals surface area contributed by atoms with Crippen LogP contribution < -0.4 is 0 Å². The number of hydrogen-bond donors (Lipinski definition) is 2. The van der Waals surface area contributed by atoms with Crippen molar-refractivity contribution in [1.29, 1.82) is 0 Å². The fourth-order valence-electron chi connectivity index (χ4n) is 2.35. The molecule has 3 rings (SSSR count). The van der Waals surface area contributed by atoms with Crippen LogP contribution in [-0.2, 0) is 6.42 Å². The average molecular weight is 279 g/mol. The Balaban J connectivity index is 2.29. The number of aromatic nitrogens is 2. The molecule has 5 heteroatoms. The fraction of sp³-hybridized carbons (Fsp3) is 0.125. The molecule has 0 aliphatic carbocycles. The molecular formula is C16H13N3O2. The van der Waals surface area contributed by atoms with Gasteiger partial charge in [-0.3, -0.25) is 4.98 Å². The number of pyridine rings is 1. The molecule has 0 radical (unpaired) electrons. The molecule has 0 spiro atoms. The second-order valence-corrected chi connectivity index (χ2v) is 4.73. The zero-order chi connectivity index (χ0) is 15.0. The minimum Gasteiger partial charge on any atom is -0.492 e. The topological polar surface area (TPSA) is 62.6 Å². The van der Waals surface area contributed by atoms with Gasteiger partial charge in [0.25, 0.3) is 0 Å². The number of aromatic hydroxyl groups is 1. The van der Waals surface area contributed by atoms with Crippen LogP contribution in [0.4, 0.5) is 5.69 Å². The maximum absolute atomic E-state index is 10.2. The summed E-state index contributed by atoms with van der Waals surface area (Å²) >= 11 is 0. The quantitative estimate of drug-likeness (QED) is 0.554. The first-order valence-corrected chi connectivity index (χ1v) is 6.55. The molecule has 2 aromatic heterocycles. The van der Waals surface area contributed by atoms with Crippen LogP contribution in [0.2, 0.25) is 0 Å². The normalized spacial score (nSPS) is 10.7. The van der Waals surface area contributed by atoms with Crippen LogP contribution in [0, 0.1) is 6.57 Å². The Morgan fingerprint density at radius 1 is 1.29 bits per heavy atom. The first kappa shape index (κ1) is 13.0. The maximum atomic E-state index is 10.2. The standard InChI is InChI=1S/C16H13N3O2/c1-3-10-4-6-13(18-9-10)15-12-8-11(17-2)5-7-14(12)19(21)16(15)20/h4-9,20-21H,3H2,1H3. The molecule has 3 aromatic rings. The highest BCUT2D eigenvalue weighted by Crippen LogP contribution is 2.39. The Morgan fingerprint density at radius 2 is 2.10 bits per heavy atom. The minimum atomic E-state index is -0.274. The summed E-state index contributed by atoms with van der Waals surface area (Å²) < 4.78 is 0.716. The Kier molecular flexibility index (Phi) is 2.99. The number of hydrogen-bond acceptors (Lipinski definition) is 3. The Hall–Kier alpha value is -3.00. The predicted molar refractivity (Wildman–Crippen MR) is 79.7 cm³/mol. The second kappa shape index (κ2) is 4.84. The molecule has 0 saturated heterocycles. The summed E-state index contributed by atoms with van der Waals surface area (Å²) in [6, 6.07) is 8.57. The van der Waals surface area contributed by atoms with Crippen LogP contribution in [0.25, 0.3) is 27.0 Å². The highest BCUT2D eigenvalue weighted by atomic mass is 16.5. The van der Waals surface area contributed by atoms with E-state index in [0.29, 0.717) is 32.6 Å². The van der Waals surface area contributed by atoms with E-state index in [1.807, 2.05) is 13.0 Å². The van der Waals surface area contributed by atoms with E-state index < -0.39 is 0 Å². The lowest BCUT2D eigenvalue weighted by molar-refractivity contribution is 0.168.